The molecule has 1 aromatic heterocycles. The van der Waals surface area contributed by atoms with Crippen molar-refractivity contribution in [2.45, 2.75) is 0 Å². The molecule has 0 bridgehead atoms. The van der Waals surface area contributed by atoms with Crippen LogP contribution >= 0.6 is 47.8 Å². The van der Waals surface area contributed by atoms with Gasteiger partial charge in [0.2, 0.25) is 0 Å². The molecule has 1 heterocycles. The number of benzene rings is 1. The molecular formula is C7H2Br3N3O. The minimum atomic E-state index is 0.288. The standard InChI is InChI=1S/C7H2Br3N3O/c8-2-1-3-5(12-7(10)11-3)6(13-14)4(2)9/h1H,(H,11,12). The minimum absolute atomic E-state index is 0.288. The zero-order valence-electron chi connectivity index (χ0n) is 6.51. The smallest absolute Gasteiger partial charge is 0.175 e. The van der Waals surface area contributed by atoms with E-state index in [9.17, 15) is 4.91 Å². The highest BCUT2D eigenvalue weighted by atomic mass is 79.9. The Balaban J connectivity index is 2.94. The van der Waals surface area contributed by atoms with Gasteiger partial charge in [-0.3, -0.25) is 0 Å². The number of H-pyrrole nitrogens is 1. The molecule has 4 nitrogen and oxygen atoms in total. The third-order valence-electron chi connectivity index (χ3n) is 1.71. The number of rotatable bonds is 1. The lowest BCUT2D eigenvalue weighted by Gasteiger charge is -1.98. The van der Waals surface area contributed by atoms with Gasteiger partial charge in [-0.25, -0.2) is 4.98 Å². The molecule has 0 atom stereocenters. The van der Waals surface area contributed by atoms with Gasteiger partial charge in [-0.2, -0.15) is 0 Å². The van der Waals surface area contributed by atoms with Crippen LogP contribution < -0.4 is 0 Å². The van der Waals surface area contributed by atoms with Crippen LogP contribution in [0, 0.1) is 4.91 Å². The van der Waals surface area contributed by atoms with Crippen molar-refractivity contribution in [2.75, 3.05) is 0 Å². The molecule has 0 aliphatic rings. The number of nitrogens with one attached hydrogen (secondary N) is 1. The summed E-state index contributed by atoms with van der Waals surface area (Å²) in [5, 5.41) is 2.94. The van der Waals surface area contributed by atoms with E-state index in [0.717, 1.165) is 9.99 Å². The van der Waals surface area contributed by atoms with Crippen LogP contribution in [0.5, 0.6) is 0 Å². The largest absolute Gasteiger partial charge is 0.332 e. The quantitative estimate of drug-likeness (QED) is 0.748. The van der Waals surface area contributed by atoms with Crippen LogP contribution in [0.1, 0.15) is 0 Å². The molecule has 7 heteroatoms. The zero-order valence-corrected chi connectivity index (χ0v) is 11.3. The van der Waals surface area contributed by atoms with Crippen molar-refractivity contribution in [3.05, 3.63) is 24.7 Å². The average Bonchev–Trinajstić information content (AvgIpc) is 2.47. The van der Waals surface area contributed by atoms with Crippen molar-refractivity contribution < 1.29 is 0 Å². The van der Waals surface area contributed by atoms with E-state index in [4.69, 9.17) is 0 Å². The Hall–Kier alpha value is -0.270. The Kier molecular flexibility index (Phi) is 2.72. The van der Waals surface area contributed by atoms with E-state index >= 15 is 0 Å². The number of hydrogen-bond donors (Lipinski definition) is 1. The molecule has 0 radical (unpaired) electrons. The predicted molar refractivity (Wildman–Crippen MR) is 64.6 cm³/mol. The molecule has 0 unspecified atom stereocenters. The molecule has 72 valence electrons. The van der Waals surface area contributed by atoms with Crippen LogP contribution in [0.15, 0.2) is 24.9 Å². The molecular weight excluding hydrogens is 382 g/mol. The molecule has 0 saturated carbocycles. The van der Waals surface area contributed by atoms with Crippen molar-refractivity contribution in [3.63, 3.8) is 0 Å². The summed E-state index contributed by atoms with van der Waals surface area (Å²) in [7, 11) is 0. The zero-order chi connectivity index (χ0) is 10.3. The predicted octanol–water partition coefficient (Wildman–Crippen LogP) is 4.25. The first-order valence-corrected chi connectivity index (χ1v) is 5.88. The number of halogens is 3. The number of imidazole rings is 1. The number of aromatic nitrogens is 2. The van der Waals surface area contributed by atoms with Gasteiger partial charge >= 0.3 is 0 Å². The van der Waals surface area contributed by atoms with E-state index in [1.54, 1.807) is 0 Å². The molecule has 0 spiro atoms. The second kappa shape index (κ2) is 3.71. The van der Waals surface area contributed by atoms with Gasteiger partial charge < -0.3 is 4.98 Å². The van der Waals surface area contributed by atoms with Gasteiger partial charge in [0.15, 0.2) is 10.4 Å². The summed E-state index contributed by atoms with van der Waals surface area (Å²) in [6.45, 7) is 0. The summed E-state index contributed by atoms with van der Waals surface area (Å²) in [5.74, 6) is 0. The summed E-state index contributed by atoms with van der Waals surface area (Å²) >= 11 is 9.77. The number of nitroso groups, excluding NO2 is 1. The van der Waals surface area contributed by atoms with Crippen LogP contribution in [0.4, 0.5) is 5.69 Å². The molecule has 0 amide bonds. The summed E-state index contributed by atoms with van der Waals surface area (Å²) in [4.78, 5) is 17.7. The Morgan fingerprint density at radius 2 is 2.07 bits per heavy atom. The van der Waals surface area contributed by atoms with Crippen molar-refractivity contribution >= 4 is 64.5 Å². The van der Waals surface area contributed by atoms with Gasteiger partial charge in [-0.05, 0) is 59.0 Å². The number of aromatic amines is 1. The van der Waals surface area contributed by atoms with Crippen LogP contribution in [0.25, 0.3) is 11.0 Å². The third-order valence-corrected chi connectivity index (χ3v) is 4.04. The van der Waals surface area contributed by atoms with Crippen molar-refractivity contribution in [1.29, 1.82) is 0 Å². The summed E-state index contributed by atoms with van der Waals surface area (Å²) in [5.41, 5.74) is 1.58. The van der Waals surface area contributed by atoms with Gasteiger partial charge in [-0.15, -0.1) is 4.91 Å². The Bertz CT molecular complexity index is 522. The molecule has 1 aromatic carbocycles. The van der Waals surface area contributed by atoms with Crippen molar-refractivity contribution in [3.8, 4) is 0 Å². The van der Waals surface area contributed by atoms with Gasteiger partial charge in [0.25, 0.3) is 0 Å². The van der Waals surface area contributed by atoms with Gasteiger partial charge in [0, 0.05) is 4.47 Å². The second-order valence-corrected chi connectivity index (χ2v) is 4.93. The Morgan fingerprint density at radius 3 is 2.71 bits per heavy atom. The SMILES string of the molecule is O=Nc1c(Br)c(Br)cc2[nH]c(Br)nc12. The molecule has 0 aliphatic carbocycles. The maximum absolute atomic E-state index is 10.6. The molecule has 0 fully saturated rings. The second-order valence-electron chi connectivity index (χ2n) is 2.54. The molecule has 2 rings (SSSR count). The molecule has 14 heavy (non-hydrogen) atoms. The van der Waals surface area contributed by atoms with E-state index in [0.29, 0.717) is 14.7 Å². The number of hydrogen-bond acceptors (Lipinski definition) is 3. The van der Waals surface area contributed by atoms with E-state index in [1.807, 2.05) is 6.07 Å². The highest BCUT2D eigenvalue weighted by Crippen LogP contribution is 2.38. The summed E-state index contributed by atoms with van der Waals surface area (Å²) < 4.78 is 1.94. The summed E-state index contributed by atoms with van der Waals surface area (Å²) in [6.07, 6.45) is 0. The van der Waals surface area contributed by atoms with Gasteiger partial charge in [-0.1, -0.05) is 0 Å². The normalized spacial score (nSPS) is 10.8. The van der Waals surface area contributed by atoms with E-state index < -0.39 is 0 Å². The molecule has 1 N–H and O–H groups in total. The number of nitrogens with zero attached hydrogens (tertiary/aromatic N) is 2. The third kappa shape index (κ3) is 1.53. The first kappa shape index (κ1) is 10.3. The average molecular weight is 384 g/mol. The van der Waals surface area contributed by atoms with E-state index in [2.05, 4.69) is 62.9 Å². The van der Waals surface area contributed by atoms with Crippen LogP contribution in [-0.2, 0) is 0 Å². The van der Waals surface area contributed by atoms with E-state index in [-0.39, 0.29) is 5.69 Å². The minimum Gasteiger partial charge on any atom is -0.332 e. The lowest BCUT2D eigenvalue weighted by atomic mass is 10.3. The maximum atomic E-state index is 10.6. The Labute approximate surface area is 104 Å². The van der Waals surface area contributed by atoms with Crippen LogP contribution in [0.2, 0.25) is 0 Å². The fourth-order valence-electron chi connectivity index (χ4n) is 1.13. The molecule has 0 saturated heterocycles. The highest BCUT2D eigenvalue weighted by Gasteiger charge is 2.13. The van der Waals surface area contributed by atoms with Gasteiger partial charge in [0.05, 0.1) is 9.99 Å². The Morgan fingerprint density at radius 1 is 1.36 bits per heavy atom. The van der Waals surface area contributed by atoms with E-state index in [1.165, 1.54) is 0 Å². The topological polar surface area (TPSA) is 58.1 Å². The molecule has 0 aliphatic heterocycles. The maximum Gasteiger partial charge on any atom is 0.175 e. The van der Waals surface area contributed by atoms with Crippen LogP contribution in [0.3, 0.4) is 0 Å². The number of fused-ring (bicyclic) bond motifs is 1. The first-order chi connectivity index (χ1) is 6.63. The molecule has 2 aromatic rings. The van der Waals surface area contributed by atoms with Crippen molar-refractivity contribution in [2.24, 2.45) is 5.18 Å². The van der Waals surface area contributed by atoms with Crippen LogP contribution in [-0.4, -0.2) is 9.97 Å². The van der Waals surface area contributed by atoms with Crippen molar-refractivity contribution in [1.82, 2.24) is 9.97 Å². The summed E-state index contributed by atoms with van der Waals surface area (Å²) in [6, 6.07) is 1.83. The lowest BCUT2D eigenvalue weighted by molar-refractivity contribution is 1.26. The monoisotopic (exact) mass is 381 g/mol. The highest BCUT2D eigenvalue weighted by molar-refractivity contribution is 9.13. The fourth-order valence-corrected chi connectivity index (χ4v) is 2.31. The fraction of sp³-hybridized carbons (Fsp3) is 0. The van der Waals surface area contributed by atoms with Gasteiger partial charge in [0.1, 0.15) is 5.52 Å². The lowest BCUT2D eigenvalue weighted by Crippen LogP contribution is -1.76. The first-order valence-electron chi connectivity index (χ1n) is 3.50.